The van der Waals surface area contributed by atoms with Gasteiger partial charge in [0.15, 0.2) is 5.82 Å². The van der Waals surface area contributed by atoms with E-state index in [2.05, 4.69) is 9.97 Å². The van der Waals surface area contributed by atoms with E-state index in [-0.39, 0.29) is 5.82 Å². The Hall–Kier alpha value is -2.72. The number of carbonyl (C=O) groups excluding carboxylic acids is 1. The molecule has 3 rings (SSSR count). The molecule has 0 aliphatic heterocycles. The Balaban J connectivity index is 2.18. The number of nitrogens with zero attached hydrogens (tertiary/aromatic N) is 1. The number of aromatic nitrogens is 2. The Kier molecular flexibility index (Phi) is 3.62. The van der Waals surface area contributed by atoms with Gasteiger partial charge in [0.05, 0.1) is 11.4 Å². The highest BCUT2D eigenvalue weighted by atomic mass is 16.3. The molecule has 0 radical (unpaired) electrons. The van der Waals surface area contributed by atoms with Crippen molar-refractivity contribution in [3.63, 3.8) is 0 Å². The minimum absolute atomic E-state index is 0.176. The van der Waals surface area contributed by atoms with Crippen molar-refractivity contribution in [2.24, 2.45) is 0 Å². The number of hydrogen-bond donors (Lipinski definition) is 2. The SMILES string of the molecule is O=C(CO)c1nc(-c2ccccc2)c(-c2ccccc2)[nH]1. The van der Waals surface area contributed by atoms with Gasteiger partial charge in [0.1, 0.15) is 6.61 Å². The van der Waals surface area contributed by atoms with Gasteiger partial charge in [0.25, 0.3) is 0 Å². The number of nitrogens with one attached hydrogen (secondary N) is 1. The number of carbonyl (C=O) groups is 1. The normalized spacial score (nSPS) is 10.5. The van der Waals surface area contributed by atoms with Gasteiger partial charge in [-0.1, -0.05) is 60.7 Å². The molecule has 0 saturated heterocycles. The van der Waals surface area contributed by atoms with Crippen LogP contribution in [0.2, 0.25) is 0 Å². The van der Waals surface area contributed by atoms with Crippen LogP contribution < -0.4 is 0 Å². The Bertz CT molecular complexity index is 692. The van der Waals surface area contributed by atoms with Crippen molar-refractivity contribution >= 4 is 5.78 Å². The summed E-state index contributed by atoms with van der Waals surface area (Å²) in [5.74, 6) is -0.246. The predicted octanol–water partition coefficient (Wildman–Crippen LogP) is 2.92. The summed E-state index contributed by atoms with van der Waals surface area (Å²) in [4.78, 5) is 19.1. The van der Waals surface area contributed by atoms with Crippen LogP contribution in [0.5, 0.6) is 0 Å². The Morgan fingerprint density at radius 1 is 0.952 bits per heavy atom. The summed E-state index contributed by atoms with van der Waals surface area (Å²) < 4.78 is 0. The topological polar surface area (TPSA) is 66.0 Å². The first-order valence-corrected chi connectivity index (χ1v) is 6.64. The van der Waals surface area contributed by atoms with Gasteiger partial charge in [-0.15, -0.1) is 0 Å². The quantitative estimate of drug-likeness (QED) is 0.721. The number of benzene rings is 2. The van der Waals surface area contributed by atoms with Crippen LogP contribution in [-0.2, 0) is 0 Å². The second kappa shape index (κ2) is 5.73. The highest BCUT2D eigenvalue weighted by molar-refractivity contribution is 5.96. The number of rotatable bonds is 4. The van der Waals surface area contributed by atoms with Crippen molar-refractivity contribution in [1.29, 1.82) is 0 Å². The highest BCUT2D eigenvalue weighted by Crippen LogP contribution is 2.29. The molecule has 0 fully saturated rings. The van der Waals surface area contributed by atoms with Crippen molar-refractivity contribution in [3.05, 3.63) is 66.5 Å². The fourth-order valence-corrected chi connectivity index (χ4v) is 2.20. The zero-order valence-electron chi connectivity index (χ0n) is 11.3. The lowest BCUT2D eigenvalue weighted by atomic mass is 10.1. The maximum absolute atomic E-state index is 11.7. The van der Waals surface area contributed by atoms with Gasteiger partial charge in [-0.05, 0) is 0 Å². The van der Waals surface area contributed by atoms with Crippen LogP contribution in [0.4, 0.5) is 0 Å². The monoisotopic (exact) mass is 278 g/mol. The first-order valence-electron chi connectivity index (χ1n) is 6.64. The molecule has 4 nitrogen and oxygen atoms in total. The molecule has 21 heavy (non-hydrogen) atoms. The third-order valence-electron chi connectivity index (χ3n) is 3.22. The number of imidazole rings is 1. The maximum Gasteiger partial charge on any atom is 0.223 e. The maximum atomic E-state index is 11.7. The van der Waals surface area contributed by atoms with E-state index >= 15 is 0 Å². The largest absolute Gasteiger partial charge is 0.388 e. The zero-order chi connectivity index (χ0) is 14.7. The van der Waals surface area contributed by atoms with E-state index < -0.39 is 12.4 Å². The van der Waals surface area contributed by atoms with Crippen LogP contribution in [-0.4, -0.2) is 27.5 Å². The van der Waals surface area contributed by atoms with Gasteiger partial charge >= 0.3 is 0 Å². The van der Waals surface area contributed by atoms with Crippen LogP contribution in [0.1, 0.15) is 10.6 Å². The molecule has 0 saturated carbocycles. The smallest absolute Gasteiger partial charge is 0.223 e. The fraction of sp³-hybridized carbons (Fsp3) is 0.0588. The van der Waals surface area contributed by atoms with Crippen LogP contribution in [0.25, 0.3) is 22.5 Å². The van der Waals surface area contributed by atoms with Crippen LogP contribution >= 0.6 is 0 Å². The second-order valence-corrected chi connectivity index (χ2v) is 4.62. The van der Waals surface area contributed by atoms with E-state index in [0.29, 0.717) is 5.69 Å². The van der Waals surface area contributed by atoms with E-state index in [1.807, 2.05) is 60.7 Å². The minimum Gasteiger partial charge on any atom is -0.388 e. The van der Waals surface area contributed by atoms with Crippen LogP contribution in [0.15, 0.2) is 60.7 Å². The van der Waals surface area contributed by atoms with Crippen molar-refractivity contribution in [1.82, 2.24) is 9.97 Å². The molecule has 104 valence electrons. The number of aliphatic hydroxyl groups is 1. The van der Waals surface area contributed by atoms with Crippen molar-refractivity contribution in [3.8, 4) is 22.5 Å². The van der Waals surface area contributed by atoms with Crippen LogP contribution in [0, 0.1) is 0 Å². The molecular weight excluding hydrogens is 264 g/mol. The first kappa shape index (κ1) is 13.3. The van der Waals surface area contributed by atoms with E-state index in [1.54, 1.807) is 0 Å². The van der Waals surface area contributed by atoms with E-state index in [0.717, 1.165) is 16.8 Å². The molecular formula is C17H14N2O2. The van der Waals surface area contributed by atoms with Crippen molar-refractivity contribution < 1.29 is 9.90 Å². The zero-order valence-corrected chi connectivity index (χ0v) is 11.3. The lowest BCUT2D eigenvalue weighted by Crippen LogP contribution is -2.06. The van der Waals surface area contributed by atoms with E-state index in [9.17, 15) is 4.79 Å². The summed E-state index contributed by atoms with van der Waals surface area (Å²) in [6.45, 7) is -0.560. The highest BCUT2D eigenvalue weighted by Gasteiger charge is 2.17. The summed E-state index contributed by atoms with van der Waals surface area (Å²) in [7, 11) is 0. The lowest BCUT2D eigenvalue weighted by Gasteiger charge is -2.02. The van der Waals surface area contributed by atoms with Gasteiger partial charge in [-0.25, -0.2) is 4.98 Å². The molecule has 2 N–H and O–H groups in total. The number of Topliss-reactive ketones (excluding diaryl/α,β-unsaturated/α-hetero) is 1. The third kappa shape index (κ3) is 2.61. The fourth-order valence-electron chi connectivity index (χ4n) is 2.20. The summed E-state index contributed by atoms with van der Waals surface area (Å²) in [6.07, 6.45) is 0. The molecule has 0 bridgehead atoms. The van der Waals surface area contributed by atoms with Gasteiger partial charge in [-0.3, -0.25) is 4.79 Å². The van der Waals surface area contributed by atoms with Gasteiger partial charge in [0, 0.05) is 11.1 Å². The number of aromatic amines is 1. The Labute approximate surface area is 122 Å². The molecule has 4 heteroatoms. The van der Waals surface area contributed by atoms with Gasteiger partial charge in [-0.2, -0.15) is 0 Å². The molecule has 2 aromatic carbocycles. The summed E-state index contributed by atoms with van der Waals surface area (Å²) in [5, 5.41) is 9.02. The molecule has 1 aromatic heterocycles. The van der Waals surface area contributed by atoms with Crippen molar-refractivity contribution in [2.75, 3.05) is 6.61 Å². The minimum atomic E-state index is -0.560. The summed E-state index contributed by atoms with van der Waals surface area (Å²) >= 11 is 0. The predicted molar refractivity (Wildman–Crippen MR) is 80.9 cm³/mol. The summed E-state index contributed by atoms with van der Waals surface area (Å²) in [6, 6.07) is 19.3. The number of hydrogen-bond acceptors (Lipinski definition) is 3. The Morgan fingerprint density at radius 2 is 1.52 bits per heavy atom. The molecule has 0 aliphatic rings. The Morgan fingerprint density at radius 3 is 2.10 bits per heavy atom. The number of aliphatic hydroxyl groups excluding tert-OH is 1. The van der Waals surface area contributed by atoms with Crippen molar-refractivity contribution in [2.45, 2.75) is 0 Å². The van der Waals surface area contributed by atoms with Gasteiger partial charge in [0.2, 0.25) is 5.78 Å². The molecule has 0 amide bonds. The second-order valence-electron chi connectivity index (χ2n) is 4.62. The molecule has 0 spiro atoms. The van der Waals surface area contributed by atoms with E-state index in [4.69, 9.17) is 5.11 Å². The third-order valence-corrected chi connectivity index (χ3v) is 3.22. The standard InChI is InChI=1S/C17H14N2O2/c20-11-14(21)17-18-15(12-7-3-1-4-8-12)16(19-17)13-9-5-2-6-10-13/h1-10,20H,11H2,(H,18,19). The average molecular weight is 278 g/mol. The molecule has 1 heterocycles. The molecule has 0 atom stereocenters. The number of ketones is 1. The lowest BCUT2D eigenvalue weighted by molar-refractivity contribution is 0.0894. The van der Waals surface area contributed by atoms with E-state index in [1.165, 1.54) is 0 Å². The van der Waals surface area contributed by atoms with Gasteiger partial charge < -0.3 is 10.1 Å². The molecule has 0 aliphatic carbocycles. The molecule has 0 unspecified atom stereocenters. The average Bonchev–Trinajstić information content (AvgIpc) is 3.01. The first-order chi connectivity index (χ1) is 10.3. The van der Waals surface area contributed by atoms with Crippen LogP contribution in [0.3, 0.4) is 0 Å². The molecule has 3 aromatic rings. The summed E-state index contributed by atoms with van der Waals surface area (Å²) in [5.41, 5.74) is 3.35. The number of H-pyrrole nitrogens is 1.